The maximum atomic E-state index is 13.3. The molecule has 2 aromatic carbocycles. The van der Waals surface area contributed by atoms with Gasteiger partial charge in [-0.2, -0.15) is 0 Å². The summed E-state index contributed by atoms with van der Waals surface area (Å²) in [6.45, 7) is 0. The first-order chi connectivity index (χ1) is 10.2. The number of hydrogen-bond donors (Lipinski definition) is 1. The molecule has 0 aliphatic heterocycles. The molecular weight excluding hydrogens is 273 g/mol. The van der Waals surface area contributed by atoms with Gasteiger partial charge in [0.05, 0.1) is 7.11 Å². The zero-order chi connectivity index (χ0) is 14.8. The number of fused-ring (bicyclic) bond motifs is 1. The zero-order valence-corrected chi connectivity index (χ0v) is 11.2. The molecule has 3 aromatic rings. The van der Waals surface area contributed by atoms with Gasteiger partial charge in [0.25, 0.3) is 0 Å². The Morgan fingerprint density at radius 2 is 1.86 bits per heavy atom. The van der Waals surface area contributed by atoms with Gasteiger partial charge in [-0.3, -0.25) is 0 Å². The minimum absolute atomic E-state index is 0.251. The molecule has 0 unspecified atom stereocenters. The van der Waals surface area contributed by atoms with Gasteiger partial charge in [0.15, 0.2) is 0 Å². The van der Waals surface area contributed by atoms with E-state index >= 15 is 0 Å². The van der Waals surface area contributed by atoms with E-state index in [0.717, 1.165) is 11.3 Å². The fourth-order valence-corrected chi connectivity index (χ4v) is 2.12. The van der Waals surface area contributed by atoms with E-state index < -0.39 is 5.82 Å². The summed E-state index contributed by atoms with van der Waals surface area (Å²) in [5.41, 5.74) is 1.24. The van der Waals surface area contributed by atoms with Crippen LogP contribution in [-0.2, 0) is 0 Å². The lowest BCUT2D eigenvalue weighted by Gasteiger charge is -2.05. The van der Waals surface area contributed by atoms with Crippen molar-refractivity contribution in [1.82, 2.24) is 0 Å². The molecule has 3 rings (SSSR count). The molecule has 0 fully saturated rings. The quantitative estimate of drug-likeness (QED) is 0.579. The Morgan fingerprint density at radius 1 is 1.10 bits per heavy atom. The number of halogens is 1. The van der Waals surface area contributed by atoms with E-state index in [0.29, 0.717) is 16.7 Å². The lowest BCUT2D eigenvalue weighted by Crippen LogP contribution is -2.03. The number of hydrogen-bond acceptors (Lipinski definition) is 4. The van der Waals surface area contributed by atoms with Gasteiger partial charge in [-0.05, 0) is 42.5 Å². The molecule has 0 atom stereocenters. The van der Waals surface area contributed by atoms with Crippen molar-refractivity contribution < 1.29 is 18.8 Å². The van der Waals surface area contributed by atoms with E-state index in [1.54, 1.807) is 25.3 Å². The standard InChI is InChI=1S/C16H12FNO3/c1-20-12-5-2-10(3-6-12)16-9-14(18-19)13-8-11(17)4-7-15(13)21-16/h2-9,19H,1H3/b18-14+. The summed E-state index contributed by atoms with van der Waals surface area (Å²) in [7, 11) is 1.59. The minimum atomic E-state index is -0.417. The second kappa shape index (κ2) is 5.28. The molecule has 4 nitrogen and oxygen atoms in total. The van der Waals surface area contributed by atoms with Crippen molar-refractivity contribution in [3.05, 3.63) is 59.7 Å². The lowest BCUT2D eigenvalue weighted by molar-refractivity contribution is 0.302. The summed E-state index contributed by atoms with van der Waals surface area (Å²) >= 11 is 0. The molecule has 1 aromatic heterocycles. The van der Waals surface area contributed by atoms with E-state index in [-0.39, 0.29) is 5.36 Å². The zero-order valence-electron chi connectivity index (χ0n) is 11.2. The van der Waals surface area contributed by atoms with Crippen LogP contribution in [0.4, 0.5) is 4.39 Å². The molecule has 0 radical (unpaired) electrons. The fourth-order valence-electron chi connectivity index (χ4n) is 2.12. The predicted octanol–water partition coefficient (Wildman–Crippen LogP) is 3.54. The van der Waals surface area contributed by atoms with Crippen molar-refractivity contribution in [2.24, 2.45) is 5.16 Å². The first-order valence-corrected chi connectivity index (χ1v) is 6.27. The third-order valence-corrected chi connectivity index (χ3v) is 3.19. The van der Waals surface area contributed by atoms with Crippen LogP contribution in [0.15, 0.2) is 58.1 Å². The maximum absolute atomic E-state index is 13.3. The molecule has 0 bridgehead atoms. The van der Waals surface area contributed by atoms with Crippen LogP contribution >= 0.6 is 0 Å². The number of methoxy groups -OCH3 is 1. The first kappa shape index (κ1) is 13.2. The molecule has 1 N–H and O–H groups in total. The van der Waals surface area contributed by atoms with Gasteiger partial charge in [-0.25, -0.2) is 4.39 Å². The number of rotatable bonds is 2. The molecule has 0 saturated heterocycles. The molecule has 106 valence electrons. The van der Waals surface area contributed by atoms with E-state index in [1.165, 1.54) is 18.2 Å². The van der Waals surface area contributed by atoms with Gasteiger partial charge < -0.3 is 14.4 Å². The summed E-state index contributed by atoms with van der Waals surface area (Å²) in [5.74, 6) is 0.832. The summed E-state index contributed by atoms with van der Waals surface area (Å²) in [4.78, 5) is 0. The first-order valence-electron chi connectivity index (χ1n) is 6.27. The van der Waals surface area contributed by atoms with Crippen LogP contribution in [0.3, 0.4) is 0 Å². The number of ether oxygens (including phenoxy) is 1. The van der Waals surface area contributed by atoms with Gasteiger partial charge >= 0.3 is 0 Å². The Labute approximate surface area is 119 Å². The van der Waals surface area contributed by atoms with E-state index in [4.69, 9.17) is 14.4 Å². The van der Waals surface area contributed by atoms with Gasteiger partial charge in [0.2, 0.25) is 0 Å². The smallest absolute Gasteiger partial charge is 0.137 e. The van der Waals surface area contributed by atoms with Crippen LogP contribution in [0.25, 0.3) is 22.3 Å². The molecule has 21 heavy (non-hydrogen) atoms. The van der Waals surface area contributed by atoms with Crippen LogP contribution in [-0.4, -0.2) is 12.3 Å². The highest BCUT2D eigenvalue weighted by Gasteiger charge is 2.07. The van der Waals surface area contributed by atoms with Crippen molar-refractivity contribution in [3.8, 4) is 17.1 Å². The van der Waals surface area contributed by atoms with Crippen molar-refractivity contribution >= 4 is 11.0 Å². The van der Waals surface area contributed by atoms with Crippen LogP contribution in [0, 0.1) is 5.82 Å². The summed E-state index contributed by atoms with van der Waals surface area (Å²) < 4.78 is 24.1. The Morgan fingerprint density at radius 3 is 2.52 bits per heavy atom. The fraction of sp³-hybridized carbons (Fsp3) is 0.0625. The Bertz CT molecular complexity index is 854. The predicted molar refractivity (Wildman–Crippen MR) is 75.5 cm³/mol. The minimum Gasteiger partial charge on any atom is -0.497 e. The monoisotopic (exact) mass is 285 g/mol. The number of nitrogens with zero attached hydrogens (tertiary/aromatic N) is 1. The Hall–Kier alpha value is -2.82. The average molecular weight is 285 g/mol. The molecule has 1 heterocycles. The molecule has 0 aliphatic carbocycles. The SMILES string of the molecule is COc1ccc(-c2c/c(=N\O)c3cc(F)ccc3o2)cc1. The van der Waals surface area contributed by atoms with Gasteiger partial charge in [-0.1, -0.05) is 5.16 Å². The highest BCUT2D eigenvalue weighted by atomic mass is 19.1. The van der Waals surface area contributed by atoms with Crippen molar-refractivity contribution in [2.75, 3.05) is 7.11 Å². The Balaban J connectivity index is 2.21. The third kappa shape index (κ3) is 2.45. The normalized spacial score (nSPS) is 11.8. The average Bonchev–Trinajstić information content (AvgIpc) is 2.54. The maximum Gasteiger partial charge on any atom is 0.137 e. The van der Waals surface area contributed by atoms with Gasteiger partial charge in [0.1, 0.15) is 28.3 Å². The Kier molecular flexibility index (Phi) is 3.31. The molecule has 5 heteroatoms. The highest BCUT2D eigenvalue weighted by molar-refractivity contribution is 5.78. The summed E-state index contributed by atoms with van der Waals surface area (Å²) in [6, 6.07) is 12.9. The number of benzene rings is 2. The lowest BCUT2D eigenvalue weighted by atomic mass is 10.1. The van der Waals surface area contributed by atoms with E-state index in [9.17, 15) is 4.39 Å². The molecular formula is C16H12FNO3. The van der Waals surface area contributed by atoms with Crippen LogP contribution in [0.2, 0.25) is 0 Å². The molecule has 0 spiro atoms. The second-order valence-electron chi connectivity index (χ2n) is 4.46. The summed E-state index contributed by atoms with van der Waals surface area (Å²) in [5, 5.41) is 13.0. The molecule has 0 aliphatic rings. The molecule has 0 amide bonds. The van der Waals surface area contributed by atoms with Gasteiger partial charge in [0, 0.05) is 17.0 Å². The van der Waals surface area contributed by atoms with Gasteiger partial charge in [-0.15, -0.1) is 0 Å². The molecule has 0 saturated carbocycles. The van der Waals surface area contributed by atoms with Crippen LogP contribution in [0.5, 0.6) is 5.75 Å². The topological polar surface area (TPSA) is 55.0 Å². The van der Waals surface area contributed by atoms with Crippen molar-refractivity contribution in [1.29, 1.82) is 0 Å². The van der Waals surface area contributed by atoms with Crippen LogP contribution in [0.1, 0.15) is 0 Å². The summed E-state index contributed by atoms with van der Waals surface area (Å²) in [6.07, 6.45) is 0. The van der Waals surface area contributed by atoms with E-state index in [1.807, 2.05) is 12.1 Å². The highest BCUT2D eigenvalue weighted by Crippen LogP contribution is 2.24. The van der Waals surface area contributed by atoms with Crippen molar-refractivity contribution in [3.63, 3.8) is 0 Å². The van der Waals surface area contributed by atoms with E-state index in [2.05, 4.69) is 5.16 Å². The van der Waals surface area contributed by atoms with Crippen molar-refractivity contribution in [2.45, 2.75) is 0 Å². The second-order valence-corrected chi connectivity index (χ2v) is 4.46. The third-order valence-electron chi connectivity index (χ3n) is 3.19. The van der Waals surface area contributed by atoms with Crippen LogP contribution < -0.4 is 10.1 Å². The largest absolute Gasteiger partial charge is 0.497 e.